The summed E-state index contributed by atoms with van der Waals surface area (Å²) >= 11 is 5.94. The van der Waals surface area contributed by atoms with E-state index in [1.165, 1.54) is 4.40 Å². The summed E-state index contributed by atoms with van der Waals surface area (Å²) in [6, 6.07) is 5.63. The van der Waals surface area contributed by atoms with Crippen LogP contribution in [0.15, 0.2) is 29.2 Å². The van der Waals surface area contributed by atoms with Crippen molar-refractivity contribution in [2.75, 3.05) is 7.05 Å². The number of rotatable bonds is 3. The number of fused-ring (bicyclic) bond motifs is 2. The lowest BCUT2D eigenvalue weighted by Gasteiger charge is -2.25. The third kappa shape index (κ3) is 4.48. The second-order valence-electron chi connectivity index (χ2n) is 7.45. The average Bonchev–Trinajstić information content (AvgIpc) is 3.14. The Morgan fingerprint density at radius 3 is 2.56 bits per heavy atom. The molecule has 0 amide bonds. The molecule has 2 unspecified atom stereocenters. The lowest BCUT2D eigenvalue weighted by Crippen LogP contribution is -2.31. The third-order valence-corrected chi connectivity index (χ3v) is 5.90. The van der Waals surface area contributed by atoms with Crippen LogP contribution in [0.3, 0.4) is 0 Å². The van der Waals surface area contributed by atoms with E-state index in [0.717, 1.165) is 31.4 Å². The fourth-order valence-corrected chi connectivity index (χ4v) is 4.66. The molecule has 0 saturated heterocycles. The Morgan fingerprint density at radius 2 is 1.93 bits per heavy atom. The SMILES string of the molecule is CN(Cc1cc(=O)n2cc(Cl)ccc2n1)C1C[C@H]2CC(O)C[C@H]2C1.O=CO. The molecule has 2 fully saturated rings. The molecule has 0 aromatic carbocycles. The smallest absolute Gasteiger partial charge is 0.290 e. The molecule has 7 nitrogen and oxygen atoms in total. The van der Waals surface area contributed by atoms with Crippen LogP contribution in [-0.2, 0) is 11.3 Å². The van der Waals surface area contributed by atoms with Gasteiger partial charge in [0.25, 0.3) is 12.0 Å². The van der Waals surface area contributed by atoms with E-state index in [-0.39, 0.29) is 18.1 Å². The minimum Gasteiger partial charge on any atom is -0.483 e. The number of hydrogen-bond donors (Lipinski definition) is 2. The van der Waals surface area contributed by atoms with E-state index < -0.39 is 0 Å². The number of carbonyl (C=O) groups is 1. The zero-order valence-corrected chi connectivity index (χ0v) is 15.9. The van der Waals surface area contributed by atoms with Gasteiger partial charge in [-0.15, -0.1) is 0 Å². The predicted molar refractivity (Wildman–Crippen MR) is 102 cm³/mol. The van der Waals surface area contributed by atoms with Gasteiger partial charge in [-0.05, 0) is 56.7 Å². The number of nitrogens with zero attached hydrogens (tertiary/aromatic N) is 3. The monoisotopic (exact) mass is 393 g/mol. The Morgan fingerprint density at radius 1 is 1.30 bits per heavy atom. The molecular weight excluding hydrogens is 370 g/mol. The maximum absolute atomic E-state index is 12.3. The van der Waals surface area contributed by atoms with Gasteiger partial charge in [-0.25, -0.2) is 4.98 Å². The van der Waals surface area contributed by atoms with Crippen LogP contribution < -0.4 is 5.56 Å². The van der Waals surface area contributed by atoms with E-state index >= 15 is 0 Å². The van der Waals surface area contributed by atoms with E-state index in [2.05, 4.69) is 16.9 Å². The predicted octanol–water partition coefficient (Wildman–Crippen LogP) is 2.03. The first-order chi connectivity index (χ1) is 12.9. The average molecular weight is 394 g/mol. The fourth-order valence-electron chi connectivity index (χ4n) is 4.50. The first-order valence-electron chi connectivity index (χ1n) is 9.05. The molecule has 4 rings (SSSR count). The Kier molecular flexibility index (Phi) is 6.14. The lowest BCUT2D eigenvalue weighted by molar-refractivity contribution is -0.122. The van der Waals surface area contributed by atoms with Crippen molar-refractivity contribution in [1.29, 1.82) is 0 Å². The lowest BCUT2D eigenvalue weighted by atomic mass is 10.0. The number of aliphatic hydroxyl groups excluding tert-OH is 1. The van der Waals surface area contributed by atoms with Gasteiger partial charge in [0, 0.05) is 24.8 Å². The van der Waals surface area contributed by atoms with Crippen LogP contribution in [0.5, 0.6) is 0 Å². The largest absolute Gasteiger partial charge is 0.483 e. The van der Waals surface area contributed by atoms with Gasteiger partial charge in [-0.3, -0.25) is 18.9 Å². The fraction of sp³-hybridized carbons (Fsp3) is 0.526. The van der Waals surface area contributed by atoms with Crippen molar-refractivity contribution in [1.82, 2.24) is 14.3 Å². The number of halogens is 1. The molecule has 2 aliphatic rings. The molecule has 146 valence electrons. The van der Waals surface area contributed by atoms with Crippen LogP contribution in [0.25, 0.3) is 5.65 Å². The molecule has 2 aliphatic carbocycles. The maximum atomic E-state index is 12.3. The summed E-state index contributed by atoms with van der Waals surface area (Å²) in [6.45, 7) is 0.418. The minimum absolute atomic E-state index is 0.0970. The molecule has 4 atom stereocenters. The summed E-state index contributed by atoms with van der Waals surface area (Å²) in [5.74, 6) is 1.31. The maximum Gasteiger partial charge on any atom is 0.290 e. The second kappa shape index (κ2) is 8.37. The molecule has 2 aromatic rings. The van der Waals surface area contributed by atoms with Crippen molar-refractivity contribution in [2.45, 2.75) is 44.4 Å². The van der Waals surface area contributed by atoms with Gasteiger partial charge < -0.3 is 10.2 Å². The van der Waals surface area contributed by atoms with Crippen LogP contribution in [0.2, 0.25) is 5.02 Å². The first-order valence-corrected chi connectivity index (χ1v) is 9.43. The molecule has 2 heterocycles. The Hall–Kier alpha value is -1.96. The molecule has 27 heavy (non-hydrogen) atoms. The summed E-state index contributed by atoms with van der Waals surface area (Å²) < 4.78 is 1.48. The van der Waals surface area contributed by atoms with Gasteiger partial charge in [0.2, 0.25) is 0 Å². The summed E-state index contributed by atoms with van der Waals surface area (Å²) in [6.07, 6.45) is 5.68. The number of pyridine rings is 1. The van der Waals surface area contributed by atoms with Crippen molar-refractivity contribution in [3.8, 4) is 0 Å². The molecular formula is C19H24ClN3O4. The minimum atomic E-state index is -0.250. The molecule has 2 N–H and O–H groups in total. The molecule has 8 heteroatoms. The van der Waals surface area contributed by atoms with E-state index in [0.29, 0.717) is 35.1 Å². The van der Waals surface area contributed by atoms with Crippen LogP contribution >= 0.6 is 11.6 Å². The highest BCUT2D eigenvalue weighted by Gasteiger charge is 2.42. The topological polar surface area (TPSA) is 95.1 Å². The summed E-state index contributed by atoms with van der Waals surface area (Å²) in [7, 11) is 2.10. The van der Waals surface area contributed by atoms with Gasteiger partial charge in [-0.2, -0.15) is 0 Å². The van der Waals surface area contributed by atoms with Gasteiger partial charge in [0.05, 0.1) is 16.8 Å². The number of aromatic nitrogens is 2. The first kappa shape index (κ1) is 19.8. The van der Waals surface area contributed by atoms with E-state index in [1.54, 1.807) is 24.4 Å². The summed E-state index contributed by atoms with van der Waals surface area (Å²) in [4.78, 5) is 27.5. The molecule has 0 aliphatic heterocycles. The van der Waals surface area contributed by atoms with E-state index in [4.69, 9.17) is 21.5 Å². The van der Waals surface area contributed by atoms with Gasteiger partial charge in [0.15, 0.2) is 0 Å². The van der Waals surface area contributed by atoms with Gasteiger partial charge >= 0.3 is 0 Å². The molecule has 0 spiro atoms. The van der Waals surface area contributed by atoms with Crippen molar-refractivity contribution in [2.24, 2.45) is 11.8 Å². The van der Waals surface area contributed by atoms with Gasteiger partial charge in [0.1, 0.15) is 5.65 Å². The number of carboxylic acid groups (broad SMARTS) is 1. The quantitative estimate of drug-likeness (QED) is 0.775. The van der Waals surface area contributed by atoms with E-state index in [1.807, 2.05) is 0 Å². The Labute approximate surface area is 162 Å². The molecule has 2 aromatic heterocycles. The Balaban J connectivity index is 0.000000659. The number of aliphatic hydroxyl groups is 1. The summed E-state index contributed by atoms with van der Waals surface area (Å²) in [5.41, 5.74) is 1.32. The highest BCUT2D eigenvalue weighted by molar-refractivity contribution is 6.30. The van der Waals surface area contributed by atoms with Crippen LogP contribution in [0.1, 0.15) is 31.4 Å². The van der Waals surface area contributed by atoms with Crippen molar-refractivity contribution in [3.05, 3.63) is 45.5 Å². The second-order valence-corrected chi connectivity index (χ2v) is 7.89. The van der Waals surface area contributed by atoms with Gasteiger partial charge in [-0.1, -0.05) is 11.6 Å². The zero-order valence-electron chi connectivity index (χ0n) is 15.2. The Bertz CT molecular complexity index is 858. The van der Waals surface area contributed by atoms with Crippen molar-refractivity contribution < 1.29 is 15.0 Å². The van der Waals surface area contributed by atoms with E-state index in [9.17, 15) is 9.90 Å². The van der Waals surface area contributed by atoms with Crippen molar-refractivity contribution in [3.63, 3.8) is 0 Å². The van der Waals surface area contributed by atoms with Crippen LogP contribution in [0.4, 0.5) is 0 Å². The molecule has 2 saturated carbocycles. The standard InChI is InChI=1S/C18H22ClN3O2.CH2O2/c1-21(15-4-11-6-16(23)7-12(11)5-15)10-14-8-18(24)22-9-13(19)2-3-17(22)20-14;2-1-3/h2-3,8-9,11-12,15-16,23H,4-7,10H2,1H3;1H,(H,2,3)/t11-,12+,15?,16?;. The normalized spacial score (nSPS) is 26.7. The molecule has 0 bridgehead atoms. The summed E-state index contributed by atoms with van der Waals surface area (Å²) in [5, 5.41) is 17.2. The van der Waals surface area contributed by atoms with Crippen LogP contribution in [-0.4, -0.2) is 50.2 Å². The third-order valence-electron chi connectivity index (χ3n) is 5.68. The highest BCUT2D eigenvalue weighted by atomic mass is 35.5. The highest BCUT2D eigenvalue weighted by Crippen LogP contribution is 2.45. The zero-order chi connectivity index (χ0) is 19.6. The van der Waals surface area contributed by atoms with Crippen molar-refractivity contribution >= 4 is 23.7 Å². The molecule has 0 radical (unpaired) electrons. The number of hydrogen-bond acceptors (Lipinski definition) is 5. The van der Waals surface area contributed by atoms with Crippen LogP contribution in [0, 0.1) is 11.8 Å².